The Labute approximate surface area is 135 Å². The highest BCUT2D eigenvalue weighted by Gasteiger charge is 2.58. The zero-order chi connectivity index (χ0) is 14.9. The lowest BCUT2D eigenvalue weighted by molar-refractivity contribution is -0.0518. The molecule has 0 aromatic heterocycles. The molecule has 1 heteroatoms. The topological polar surface area (TPSA) is 12.5 Å². The third kappa shape index (κ3) is 1.81. The summed E-state index contributed by atoms with van der Waals surface area (Å²) >= 11 is 0. The molecule has 0 amide bonds. The van der Waals surface area contributed by atoms with Crippen LogP contribution in [0, 0.1) is 35.0 Å². The number of hydrogen-bond acceptors (Lipinski definition) is 1. The molecule has 0 bridgehead atoms. The minimum atomic E-state index is 0.378. The molecule has 0 aromatic rings. The summed E-state index contributed by atoms with van der Waals surface area (Å²) in [6.07, 6.45) is 15.6. The second-order valence-electron chi connectivity index (χ2n) is 9.46. The monoisotopic (exact) mass is 300 g/mol. The minimum Gasteiger partial charge on any atom is -0.370 e. The van der Waals surface area contributed by atoms with Gasteiger partial charge in [0.25, 0.3) is 0 Å². The average molecular weight is 300 g/mol. The number of fused-ring (bicyclic) bond motifs is 5. The first-order chi connectivity index (χ1) is 10.7. The predicted molar refractivity (Wildman–Crippen MR) is 89.6 cm³/mol. The van der Waals surface area contributed by atoms with Gasteiger partial charge in [-0.05, 0) is 99.7 Å². The number of ether oxygens (including phenoxy) is 1. The Morgan fingerprint density at radius 2 is 1.82 bits per heavy atom. The van der Waals surface area contributed by atoms with Crippen LogP contribution >= 0.6 is 0 Å². The van der Waals surface area contributed by atoms with Crippen molar-refractivity contribution in [1.82, 2.24) is 0 Å². The van der Waals surface area contributed by atoms with Crippen molar-refractivity contribution in [3.05, 3.63) is 11.6 Å². The molecule has 122 valence electrons. The maximum Gasteiger partial charge on any atom is 0.0919 e. The first-order valence-electron chi connectivity index (χ1n) is 9.95. The summed E-state index contributed by atoms with van der Waals surface area (Å²) in [5.41, 5.74) is 2.74. The van der Waals surface area contributed by atoms with E-state index >= 15 is 0 Å². The molecular formula is C21H32O. The number of rotatable bonds is 0. The van der Waals surface area contributed by atoms with Gasteiger partial charge in [-0.3, -0.25) is 0 Å². The fourth-order valence-electron chi connectivity index (χ4n) is 7.63. The highest BCUT2D eigenvalue weighted by Crippen LogP contribution is 2.65. The maximum absolute atomic E-state index is 5.83. The van der Waals surface area contributed by atoms with Crippen molar-refractivity contribution in [2.24, 2.45) is 35.0 Å². The van der Waals surface area contributed by atoms with Crippen molar-refractivity contribution in [2.45, 2.75) is 77.2 Å². The van der Waals surface area contributed by atoms with E-state index in [-0.39, 0.29) is 0 Å². The first-order valence-corrected chi connectivity index (χ1v) is 9.95. The molecule has 1 nitrogen and oxygen atoms in total. The molecule has 5 aliphatic rings. The molecule has 7 atom stereocenters. The molecule has 5 rings (SSSR count). The van der Waals surface area contributed by atoms with Crippen LogP contribution in [0.3, 0.4) is 0 Å². The van der Waals surface area contributed by atoms with E-state index in [1.54, 1.807) is 5.57 Å². The molecule has 5 fully saturated rings. The second kappa shape index (κ2) is 4.62. The zero-order valence-corrected chi connectivity index (χ0v) is 14.4. The Morgan fingerprint density at radius 3 is 2.59 bits per heavy atom. The summed E-state index contributed by atoms with van der Waals surface area (Å²) in [6, 6.07) is 0. The maximum atomic E-state index is 5.83. The molecule has 22 heavy (non-hydrogen) atoms. The summed E-state index contributed by atoms with van der Waals surface area (Å²) in [5.74, 6) is 5.17. The minimum absolute atomic E-state index is 0.378. The summed E-state index contributed by atoms with van der Waals surface area (Å²) in [5, 5.41) is 0. The Balaban J connectivity index is 1.40. The molecule has 1 heterocycles. The Bertz CT molecular complexity index is 502. The standard InChI is InChI=1S/C21H32O/c1-3-15-5-7-19-18-6-4-14-12-21(13-22-21)11-9-16(14)17(18)8-10-20(15,19)2/h3,14,16-19H,4-13H2,1-2H3/b15-3-/t14-,16?,17+,18?,19-,20+,21?/m0/s1. The lowest BCUT2D eigenvalue weighted by Crippen LogP contribution is -2.48. The van der Waals surface area contributed by atoms with E-state index < -0.39 is 0 Å². The second-order valence-corrected chi connectivity index (χ2v) is 9.46. The van der Waals surface area contributed by atoms with E-state index in [1.165, 1.54) is 57.8 Å². The van der Waals surface area contributed by atoms with Crippen LogP contribution in [0.5, 0.6) is 0 Å². The van der Waals surface area contributed by atoms with E-state index in [1.807, 2.05) is 0 Å². The fourth-order valence-corrected chi connectivity index (χ4v) is 7.63. The largest absolute Gasteiger partial charge is 0.370 e. The Hall–Kier alpha value is -0.300. The zero-order valence-electron chi connectivity index (χ0n) is 14.4. The highest BCUT2D eigenvalue weighted by molar-refractivity contribution is 5.23. The van der Waals surface area contributed by atoms with Crippen LogP contribution in [0.4, 0.5) is 0 Å². The molecule has 1 aliphatic heterocycles. The van der Waals surface area contributed by atoms with Crippen molar-refractivity contribution < 1.29 is 4.74 Å². The van der Waals surface area contributed by atoms with Gasteiger partial charge < -0.3 is 4.74 Å². The smallest absolute Gasteiger partial charge is 0.0919 e. The van der Waals surface area contributed by atoms with Crippen molar-refractivity contribution in [2.75, 3.05) is 6.61 Å². The molecule has 4 aliphatic carbocycles. The van der Waals surface area contributed by atoms with E-state index in [0.717, 1.165) is 36.2 Å². The van der Waals surface area contributed by atoms with Crippen molar-refractivity contribution in [3.8, 4) is 0 Å². The summed E-state index contributed by atoms with van der Waals surface area (Å²) < 4.78 is 5.83. The van der Waals surface area contributed by atoms with Crippen molar-refractivity contribution >= 4 is 0 Å². The van der Waals surface area contributed by atoms with Crippen LogP contribution in [0.2, 0.25) is 0 Å². The molecule has 0 radical (unpaired) electrons. The highest BCUT2D eigenvalue weighted by atomic mass is 16.6. The molecule has 4 saturated carbocycles. The van der Waals surface area contributed by atoms with Crippen LogP contribution in [0.15, 0.2) is 11.6 Å². The third-order valence-corrected chi connectivity index (χ3v) is 8.84. The SMILES string of the molecule is C/C=C1/CC[C@H]2C3CC[C@H]4CC5(CCC4[C@H]3CC[C@]12C)CO5. The molecule has 1 saturated heterocycles. The predicted octanol–water partition coefficient (Wildman–Crippen LogP) is 5.35. The van der Waals surface area contributed by atoms with Gasteiger partial charge in [-0.2, -0.15) is 0 Å². The van der Waals surface area contributed by atoms with Gasteiger partial charge in [0, 0.05) is 0 Å². The third-order valence-electron chi connectivity index (χ3n) is 8.84. The van der Waals surface area contributed by atoms with Gasteiger partial charge in [-0.15, -0.1) is 0 Å². The van der Waals surface area contributed by atoms with Gasteiger partial charge in [0.2, 0.25) is 0 Å². The van der Waals surface area contributed by atoms with Gasteiger partial charge in [0.1, 0.15) is 0 Å². The molecule has 0 aromatic carbocycles. The van der Waals surface area contributed by atoms with E-state index in [4.69, 9.17) is 4.74 Å². The first kappa shape index (κ1) is 14.1. The number of hydrogen-bond donors (Lipinski definition) is 0. The quantitative estimate of drug-likeness (QED) is 0.434. The molecule has 1 spiro atoms. The van der Waals surface area contributed by atoms with Gasteiger partial charge >= 0.3 is 0 Å². The van der Waals surface area contributed by atoms with E-state index in [9.17, 15) is 0 Å². The molecular weight excluding hydrogens is 268 g/mol. The van der Waals surface area contributed by atoms with Crippen molar-refractivity contribution in [1.29, 1.82) is 0 Å². The van der Waals surface area contributed by atoms with Crippen LogP contribution in [0.25, 0.3) is 0 Å². The van der Waals surface area contributed by atoms with Crippen LogP contribution < -0.4 is 0 Å². The van der Waals surface area contributed by atoms with E-state index in [2.05, 4.69) is 19.9 Å². The van der Waals surface area contributed by atoms with Gasteiger partial charge in [-0.1, -0.05) is 18.6 Å². The summed E-state index contributed by atoms with van der Waals surface area (Å²) in [7, 11) is 0. The average Bonchev–Trinajstić information content (AvgIpc) is 3.17. The fraction of sp³-hybridized carbons (Fsp3) is 0.905. The van der Waals surface area contributed by atoms with Crippen molar-refractivity contribution in [3.63, 3.8) is 0 Å². The Morgan fingerprint density at radius 1 is 1.00 bits per heavy atom. The van der Waals surface area contributed by atoms with Gasteiger partial charge in [0.05, 0.1) is 12.2 Å². The van der Waals surface area contributed by atoms with E-state index in [0.29, 0.717) is 11.0 Å². The lowest BCUT2D eigenvalue weighted by Gasteiger charge is -2.55. The van der Waals surface area contributed by atoms with Crippen LogP contribution in [0.1, 0.15) is 71.6 Å². The van der Waals surface area contributed by atoms with Crippen LogP contribution in [-0.2, 0) is 4.74 Å². The number of allylic oxidation sites excluding steroid dienone is 2. The molecule has 3 unspecified atom stereocenters. The lowest BCUT2D eigenvalue weighted by atomic mass is 9.50. The summed E-state index contributed by atoms with van der Waals surface area (Å²) in [6.45, 7) is 5.97. The van der Waals surface area contributed by atoms with Crippen LogP contribution in [-0.4, -0.2) is 12.2 Å². The normalized spacial score (nSPS) is 58.3. The molecule has 0 N–H and O–H groups in total. The van der Waals surface area contributed by atoms with Gasteiger partial charge in [0.15, 0.2) is 0 Å². The Kier molecular flexibility index (Phi) is 2.96. The summed E-state index contributed by atoms with van der Waals surface area (Å²) in [4.78, 5) is 0. The van der Waals surface area contributed by atoms with Gasteiger partial charge in [-0.25, -0.2) is 0 Å². The number of epoxide rings is 1.